The minimum Gasteiger partial charge on any atom is -0.371 e. The van der Waals surface area contributed by atoms with Crippen LogP contribution in [0.5, 0.6) is 0 Å². The van der Waals surface area contributed by atoms with Crippen LogP contribution >= 0.6 is 11.3 Å². The summed E-state index contributed by atoms with van der Waals surface area (Å²) in [4.78, 5) is 16.5. The summed E-state index contributed by atoms with van der Waals surface area (Å²) in [7, 11) is -3.78. The quantitative estimate of drug-likeness (QED) is 0.354. The molecule has 0 saturated carbocycles. The van der Waals surface area contributed by atoms with Gasteiger partial charge in [0, 0.05) is 25.2 Å². The molecule has 1 aromatic heterocycles. The Morgan fingerprint density at radius 3 is 2.34 bits per heavy atom. The van der Waals surface area contributed by atoms with E-state index in [0.29, 0.717) is 10.6 Å². The van der Waals surface area contributed by atoms with Crippen LogP contribution in [0.3, 0.4) is 0 Å². The third-order valence-corrected chi connectivity index (χ3v) is 9.24. The van der Waals surface area contributed by atoms with Gasteiger partial charge in [0.1, 0.15) is 0 Å². The average molecular weight is 511 g/mol. The van der Waals surface area contributed by atoms with Crippen molar-refractivity contribution in [3.05, 3.63) is 74.5 Å². The zero-order chi connectivity index (χ0) is 25.2. The van der Waals surface area contributed by atoms with Gasteiger partial charge in [-0.15, -0.1) is 11.3 Å². The number of hydrogen-bond acceptors (Lipinski definition) is 5. The second kappa shape index (κ2) is 10.5. The number of nitrogens with zero attached hydrogens (tertiary/aromatic N) is 1. The molecular weight excluding hydrogens is 476 g/mol. The van der Waals surface area contributed by atoms with Crippen molar-refractivity contribution >= 4 is 38.5 Å². The third-order valence-electron chi connectivity index (χ3n) is 6.90. The van der Waals surface area contributed by atoms with Crippen LogP contribution in [0, 0.1) is 20.8 Å². The van der Waals surface area contributed by atoms with E-state index in [1.165, 1.54) is 41.9 Å². The molecule has 1 fully saturated rings. The summed E-state index contributed by atoms with van der Waals surface area (Å²) in [5.41, 5.74) is 7.22. The van der Waals surface area contributed by atoms with Gasteiger partial charge in [-0.2, -0.15) is 0 Å². The number of carbonyl (C=O) groups is 1. The number of piperidine rings is 1. The second-order valence-corrected chi connectivity index (χ2v) is 12.0. The molecule has 0 unspecified atom stereocenters. The molecule has 0 aliphatic carbocycles. The van der Waals surface area contributed by atoms with Crippen LogP contribution < -0.4 is 9.62 Å². The number of anilines is 2. The van der Waals surface area contributed by atoms with Crippen molar-refractivity contribution in [2.24, 2.45) is 0 Å². The van der Waals surface area contributed by atoms with Gasteiger partial charge < -0.3 is 4.90 Å². The van der Waals surface area contributed by atoms with E-state index in [0.717, 1.165) is 41.8 Å². The van der Waals surface area contributed by atoms with Gasteiger partial charge in [0.05, 0.1) is 15.5 Å². The highest BCUT2D eigenvalue weighted by Crippen LogP contribution is 2.34. The lowest BCUT2D eigenvalue weighted by atomic mass is 9.92. The summed E-state index contributed by atoms with van der Waals surface area (Å²) in [6.45, 7) is 10.4. The molecule has 0 spiro atoms. The first-order valence-electron chi connectivity index (χ1n) is 12.3. The molecular formula is C28H34N2O3S2. The van der Waals surface area contributed by atoms with Crippen molar-refractivity contribution in [2.75, 3.05) is 22.7 Å². The molecule has 5 nitrogen and oxygen atoms in total. The lowest BCUT2D eigenvalue weighted by Crippen LogP contribution is -2.31. The smallest absolute Gasteiger partial charge is 0.261 e. The van der Waals surface area contributed by atoms with Gasteiger partial charge in [0.2, 0.25) is 0 Å². The first kappa shape index (κ1) is 25.5. The fourth-order valence-electron chi connectivity index (χ4n) is 5.05. The number of aryl methyl sites for hydroxylation is 3. The van der Waals surface area contributed by atoms with Gasteiger partial charge in [0.25, 0.3) is 10.0 Å². The number of Topliss-reactive ketones (excluding diaryl/α,β-unsaturated/α-hetero) is 1. The van der Waals surface area contributed by atoms with Crippen molar-refractivity contribution in [3.63, 3.8) is 0 Å². The van der Waals surface area contributed by atoms with Crippen molar-refractivity contribution in [1.82, 2.24) is 0 Å². The number of sulfonamides is 1. The van der Waals surface area contributed by atoms with Crippen LogP contribution in [0.25, 0.3) is 0 Å². The van der Waals surface area contributed by atoms with Crippen molar-refractivity contribution < 1.29 is 13.2 Å². The lowest BCUT2D eigenvalue weighted by molar-refractivity contribution is 0.0997. The predicted octanol–water partition coefficient (Wildman–Crippen LogP) is 6.45. The summed E-state index contributed by atoms with van der Waals surface area (Å²) in [6, 6.07) is 10.7. The van der Waals surface area contributed by atoms with Crippen LogP contribution in [-0.2, 0) is 22.9 Å². The summed E-state index contributed by atoms with van der Waals surface area (Å²) < 4.78 is 28.6. The van der Waals surface area contributed by atoms with Crippen molar-refractivity contribution in [2.45, 2.75) is 64.7 Å². The molecule has 2 aromatic carbocycles. The van der Waals surface area contributed by atoms with Gasteiger partial charge >= 0.3 is 0 Å². The molecule has 35 heavy (non-hydrogen) atoms. The molecule has 2 heterocycles. The highest BCUT2D eigenvalue weighted by Gasteiger charge is 2.23. The van der Waals surface area contributed by atoms with Crippen LogP contribution in [0.1, 0.15) is 63.7 Å². The maximum Gasteiger partial charge on any atom is 0.261 e. The molecule has 7 heteroatoms. The molecule has 4 rings (SSSR count). The Labute approximate surface area is 213 Å². The molecule has 1 saturated heterocycles. The van der Waals surface area contributed by atoms with E-state index < -0.39 is 10.0 Å². The van der Waals surface area contributed by atoms with E-state index in [2.05, 4.69) is 36.5 Å². The van der Waals surface area contributed by atoms with Gasteiger partial charge in [0.15, 0.2) is 5.78 Å². The fraction of sp³-hybridized carbons (Fsp3) is 0.393. The molecule has 0 radical (unpaired) electrons. The summed E-state index contributed by atoms with van der Waals surface area (Å²) in [5.74, 6) is -0.0707. The standard InChI is InChI=1S/C28H34N2O3S2/c1-5-22-9-11-23(12-10-22)35(32,33)29-25-13-16-34-28(25)26(31)18-24-19(2)17-20(3)27(21(24)4)30-14-7-6-8-15-30/h9-13,16-17,29H,5-8,14-15,18H2,1-4H3. The highest BCUT2D eigenvalue weighted by molar-refractivity contribution is 7.92. The van der Waals surface area contributed by atoms with Crippen molar-refractivity contribution in [1.29, 1.82) is 0 Å². The Hall–Kier alpha value is -2.64. The maximum atomic E-state index is 13.4. The minimum atomic E-state index is -3.78. The van der Waals surface area contributed by atoms with E-state index >= 15 is 0 Å². The number of benzene rings is 2. The zero-order valence-electron chi connectivity index (χ0n) is 21.0. The van der Waals surface area contributed by atoms with E-state index in [1.54, 1.807) is 23.6 Å². The van der Waals surface area contributed by atoms with E-state index in [9.17, 15) is 13.2 Å². The molecule has 3 aromatic rings. The Kier molecular flexibility index (Phi) is 7.67. The van der Waals surface area contributed by atoms with Gasteiger partial charge in [-0.05, 0) is 97.9 Å². The topological polar surface area (TPSA) is 66.5 Å². The highest BCUT2D eigenvalue weighted by atomic mass is 32.2. The number of thiophene rings is 1. The van der Waals surface area contributed by atoms with Crippen LogP contribution in [-0.4, -0.2) is 27.3 Å². The first-order valence-corrected chi connectivity index (χ1v) is 14.6. The molecule has 186 valence electrons. The van der Waals surface area contributed by atoms with Gasteiger partial charge in [-0.1, -0.05) is 25.1 Å². The van der Waals surface area contributed by atoms with E-state index in [-0.39, 0.29) is 17.1 Å². The summed E-state index contributed by atoms with van der Waals surface area (Å²) in [6.07, 6.45) is 4.75. The second-order valence-electron chi connectivity index (χ2n) is 9.38. The molecule has 1 aliphatic heterocycles. The van der Waals surface area contributed by atoms with Gasteiger partial charge in [-0.25, -0.2) is 8.42 Å². The number of hydrogen-bond donors (Lipinski definition) is 1. The number of rotatable bonds is 8. The number of carbonyl (C=O) groups excluding carboxylic acids is 1. The minimum absolute atomic E-state index is 0.0707. The SMILES string of the molecule is CCc1ccc(S(=O)(=O)Nc2ccsc2C(=O)Cc2c(C)cc(C)c(N3CCCCC3)c2C)cc1. The Morgan fingerprint density at radius 2 is 1.69 bits per heavy atom. The van der Waals surface area contributed by atoms with E-state index in [1.807, 2.05) is 19.1 Å². The predicted molar refractivity (Wildman–Crippen MR) is 146 cm³/mol. The molecule has 0 bridgehead atoms. The van der Waals surface area contributed by atoms with Crippen LogP contribution in [0.4, 0.5) is 11.4 Å². The Bertz CT molecular complexity index is 1320. The third kappa shape index (κ3) is 5.46. The molecule has 0 atom stereocenters. The molecule has 1 N–H and O–H groups in total. The normalized spacial score (nSPS) is 14.2. The summed E-state index contributed by atoms with van der Waals surface area (Å²) in [5, 5.41) is 1.76. The van der Waals surface area contributed by atoms with Crippen LogP contribution in [0.15, 0.2) is 46.7 Å². The first-order chi connectivity index (χ1) is 16.7. The fourth-order valence-corrected chi connectivity index (χ4v) is 6.97. The lowest BCUT2D eigenvalue weighted by Gasteiger charge is -2.33. The van der Waals surface area contributed by atoms with Gasteiger partial charge in [-0.3, -0.25) is 9.52 Å². The maximum absolute atomic E-state index is 13.4. The zero-order valence-corrected chi connectivity index (χ0v) is 22.6. The van der Waals surface area contributed by atoms with E-state index in [4.69, 9.17) is 0 Å². The Morgan fingerprint density at radius 1 is 1.00 bits per heavy atom. The average Bonchev–Trinajstić information content (AvgIpc) is 3.29. The number of nitrogens with one attached hydrogen (secondary N) is 1. The molecule has 0 amide bonds. The molecule has 1 aliphatic rings. The van der Waals surface area contributed by atoms with Crippen molar-refractivity contribution in [3.8, 4) is 0 Å². The monoisotopic (exact) mass is 510 g/mol. The number of ketones is 1. The van der Waals surface area contributed by atoms with Crippen LogP contribution in [0.2, 0.25) is 0 Å². The Balaban J connectivity index is 1.59. The largest absolute Gasteiger partial charge is 0.371 e. The summed E-state index contributed by atoms with van der Waals surface area (Å²) >= 11 is 1.28.